The average Bonchev–Trinajstić information content (AvgIpc) is 3.74. The van der Waals surface area contributed by atoms with Crippen LogP contribution in [0.5, 0.6) is 0 Å². The molecule has 0 saturated carbocycles. The summed E-state index contributed by atoms with van der Waals surface area (Å²) in [6.07, 6.45) is -4.67. The quantitative estimate of drug-likeness (QED) is 0.161. The highest BCUT2D eigenvalue weighted by atomic mass is 19.4. The fourth-order valence-corrected chi connectivity index (χ4v) is 8.43. The van der Waals surface area contributed by atoms with Gasteiger partial charge in [-0.05, 0) is 81.3 Å². The van der Waals surface area contributed by atoms with E-state index in [4.69, 9.17) is 6.57 Å². The number of hydrogen-bond donors (Lipinski definition) is 0. The number of halogens is 3. The standard InChI is InChI=1S/C48H32F3N9/c1-26-53-27(2)56-46(55-26)30-18-20-35-33-13-7-10-16-40(33)59(42(35)22-30)44-24-37(32-12-6-9-15-38(32)48(49,50)51)39(52-5)25-45(44)60-41-17-11-8-14-34(41)36-21-19-31(23-43(36)60)47-57-28(3)54-29(4)58-47/h6-25H,1-4H3. The molecule has 0 spiro atoms. The monoisotopic (exact) mass is 791 g/mol. The van der Waals surface area contributed by atoms with Gasteiger partial charge in [0.2, 0.25) is 0 Å². The molecular formula is C48H32F3N9. The van der Waals surface area contributed by atoms with Crippen molar-refractivity contribution in [1.82, 2.24) is 39.0 Å². The highest BCUT2D eigenvalue weighted by Crippen LogP contribution is 2.46. The van der Waals surface area contributed by atoms with Crippen molar-refractivity contribution >= 4 is 49.3 Å². The van der Waals surface area contributed by atoms with Gasteiger partial charge >= 0.3 is 6.18 Å². The van der Waals surface area contributed by atoms with Crippen molar-refractivity contribution in [3.63, 3.8) is 0 Å². The molecule has 4 aromatic heterocycles. The van der Waals surface area contributed by atoms with Crippen LogP contribution >= 0.6 is 0 Å². The molecule has 0 radical (unpaired) electrons. The first kappa shape index (κ1) is 36.6. The molecule has 0 saturated heterocycles. The minimum Gasteiger partial charge on any atom is -0.308 e. The van der Waals surface area contributed by atoms with E-state index in [-0.39, 0.29) is 16.8 Å². The maximum Gasteiger partial charge on any atom is 0.416 e. The molecule has 0 N–H and O–H groups in total. The average molecular weight is 792 g/mol. The Morgan fingerprint density at radius 3 is 1.38 bits per heavy atom. The lowest BCUT2D eigenvalue weighted by molar-refractivity contribution is -0.137. The summed E-state index contributed by atoms with van der Waals surface area (Å²) >= 11 is 0. The first-order chi connectivity index (χ1) is 29.0. The summed E-state index contributed by atoms with van der Waals surface area (Å²) in [5, 5.41) is 3.74. The van der Waals surface area contributed by atoms with Gasteiger partial charge in [-0.15, -0.1) is 0 Å². The molecule has 0 bridgehead atoms. The molecule has 10 rings (SSSR count). The van der Waals surface area contributed by atoms with E-state index in [2.05, 4.69) is 43.9 Å². The van der Waals surface area contributed by atoms with E-state index >= 15 is 0 Å². The van der Waals surface area contributed by atoms with E-state index in [1.165, 1.54) is 12.1 Å². The molecule has 10 aromatic rings. The number of para-hydroxylation sites is 2. The summed E-state index contributed by atoms with van der Waals surface area (Å²) in [5.74, 6) is 3.35. The largest absolute Gasteiger partial charge is 0.416 e. The van der Waals surface area contributed by atoms with E-state index < -0.39 is 11.7 Å². The zero-order chi connectivity index (χ0) is 41.4. The van der Waals surface area contributed by atoms with Crippen molar-refractivity contribution < 1.29 is 13.2 Å². The third-order valence-corrected chi connectivity index (χ3v) is 10.8. The Balaban J connectivity index is 1.37. The lowest BCUT2D eigenvalue weighted by Gasteiger charge is -2.21. The summed E-state index contributed by atoms with van der Waals surface area (Å²) in [5.41, 5.74) is 5.16. The molecule has 0 fully saturated rings. The van der Waals surface area contributed by atoms with E-state index in [9.17, 15) is 13.2 Å². The van der Waals surface area contributed by atoms with Gasteiger partial charge in [-0.3, -0.25) is 0 Å². The predicted octanol–water partition coefficient (Wildman–Crippen LogP) is 12.1. The van der Waals surface area contributed by atoms with Crippen LogP contribution in [-0.2, 0) is 6.18 Å². The molecule has 4 heterocycles. The maximum atomic E-state index is 14.8. The number of alkyl halides is 3. The Morgan fingerprint density at radius 2 is 0.900 bits per heavy atom. The molecule has 290 valence electrons. The Labute approximate surface area is 341 Å². The molecule has 0 unspecified atom stereocenters. The van der Waals surface area contributed by atoms with Gasteiger partial charge in [0.05, 0.1) is 45.6 Å². The number of nitrogens with zero attached hydrogens (tertiary/aromatic N) is 9. The van der Waals surface area contributed by atoms with Crippen molar-refractivity contribution in [2.45, 2.75) is 33.9 Å². The lowest BCUT2D eigenvalue weighted by Crippen LogP contribution is -2.08. The van der Waals surface area contributed by atoms with Crippen molar-refractivity contribution in [3.05, 3.63) is 162 Å². The van der Waals surface area contributed by atoms with Crippen molar-refractivity contribution in [2.75, 3.05) is 0 Å². The van der Waals surface area contributed by atoms with Gasteiger partial charge < -0.3 is 9.13 Å². The lowest BCUT2D eigenvalue weighted by atomic mass is 9.96. The van der Waals surface area contributed by atoms with E-state index in [0.717, 1.165) is 60.8 Å². The van der Waals surface area contributed by atoms with Crippen LogP contribution in [0.2, 0.25) is 0 Å². The Hall–Kier alpha value is -7.78. The molecule has 9 nitrogen and oxygen atoms in total. The summed E-state index contributed by atoms with van der Waals surface area (Å²) in [6.45, 7) is 15.7. The third kappa shape index (κ3) is 5.93. The Morgan fingerprint density at radius 1 is 0.467 bits per heavy atom. The van der Waals surface area contributed by atoms with Gasteiger partial charge in [-0.25, -0.2) is 34.7 Å². The van der Waals surface area contributed by atoms with Crippen molar-refractivity contribution in [1.29, 1.82) is 0 Å². The summed E-state index contributed by atoms with van der Waals surface area (Å²) in [4.78, 5) is 31.3. The van der Waals surface area contributed by atoms with Gasteiger partial charge in [0.25, 0.3) is 0 Å². The minimum atomic E-state index is -4.67. The van der Waals surface area contributed by atoms with E-state index in [1.54, 1.807) is 18.2 Å². The fourth-order valence-electron chi connectivity index (χ4n) is 8.43. The highest BCUT2D eigenvalue weighted by Gasteiger charge is 2.34. The Kier molecular flexibility index (Phi) is 8.33. The molecule has 0 aliphatic rings. The predicted molar refractivity (Wildman–Crippen MR) is 228 cm³/mol. The van der Waals surface area contributed by atoms with Gasteiger partial charge in [-0.1, -0.05) is 78.9 Å². The van der Waals surface area contributed by atoms with Crippen molar-refractivity contribution in [2.24, 2.45) is 0 Å². The van der Waals surface area contributed by atoms with Crippen LogP contribution in [0.1, 0.15) is 28.9 Å². The summed E-state index contributed by atoms with van der Waals surface area (Å²) in [6, 6.07) is 36.8. The van der Waals surface area contributed by atoms with Crippen LogP contribution in [0.15, 0.2) is 121 Å². The highest BCUT2D eigenvalue weighted by molar-refractivity contribution is 6.13. The van der Waals surface area contributed by atoms with Crippen LogP contribution in [0.25, 0.3) is 93.7 Å². The van der Waals surface area contributed by atoms with E-state index in [1.807, 2.05) is 113 Å². The zero-order valence-corrected chi connectivity index (χ0v) is 32.7. The second kappa shape index (κ2) is 13.7. The topological polar surface area (TPSA) is 91.6 Å². The SMILES string of the molecule is [C-]#[N+]c1cc(-n2c3ccccc3c3ccc(-c4nc(C)nc(C)n4)cc32)c(-n2c3ccccc3c3ccc(-c4nc(C)nc(C)n4)cc32)cc1-c1ccccc1C(F)(F)F. The second-order valence-corrected chi connectivity index (χ2v) is 14.7. The number of aromatic nitrogens is 8. The molecule has 0 amide bonds. The first-order valence-electron chi connectivity index (χ1n) is 19.2. The van der Waals surface area contributed by atoms with E-state index in [0.29, 0.717) is 46.3 Å². The number of rotatable bonds is 5. The fraction of sp³-hybridized carbons (Fsp3) is 0.104. The number of fused-ring (bicyclic) bond motifs is 6. The molecule has 6 aromatic carbocycles. The zero-order valence-electron chi connectivity index (χ0n) is 32.7. The molecule has 0 atom stereocenters. The van der Waals surface area contributed by atoms with Crippen LogP contribution in [0.4, 0.5) is 18.9 Å². The van der Waals surface area contributed by atoms with Gasteiger partial charge in [0.15, 0.2) is 17.3 Å². The van der Waals surface area contributed by atoms with Gasteiger partial charge in [0, 0.05) is 32.7 Å². The molecule has 0 aliphatic carbocycles. The molecule has 0 aliphatic heterocycles. The molecular weight excluding hydrogens is 760 g/mol. The van der Waals surface area contributed by atoms with Crippen LogP contribution in [0, 0.1) is 34.3 Å². The van der Waals surface area contributed by atoms with Crippen molar-refractivity contribution in [3.8, 4) is 45.3 Å². The normalized spacial score (nSPS) is 11.9. The molecule has 60 heavy (non-hydrogen) atoms. The van der Waals surface area contributed by atoms with Crippen LogP contribution < -0.4 is 0 Å². The summed E-state index contributed by atoms with van der Waals surface area (Å²) in [7, 11) is 0. The number of hydrogen-bond acceptors (Lipinski definition) is 6. The van der Waals surface area contributed by atoms with Gasteiger partial charge in [-0.2, -0.15) is 13.2 Å². The third-order valence-electron chi connectivity index (χ3n) is 10.8. The first-order valence-corrected chi connectivity index (χ1v) is 19.2. The van der Waals surface area contributed by atoms with Crippen LogP contribution in [0.3, 0.4) is 0 Å². The van der Waals surface area contributed by atoms with Gasteiger partial charge in [0.1, 0.15) is 23.3 Å². The summed E-state index contributed by atoms with van der Waals surface area (Å²) < 4.78 is 48.5. The molecule has 12 heteroatoms. The smallest absolute Gasteiger partial charge is 0.308 e. The minimum absolute atomic E-state index is 0.0637. The maximum absolute atomic E-state index is 14.8. The second-order valence-electron chi connectivity index (χ2n) is 14.7. The number of aryl methyl sites for hydroxylation is 4. The number of benzene rings is 6. The Bertz CT molecular complexity index is 3410. The van der Waals surface area contributed by atoms with Crippen LogP contribution in [-0.4, -0.2) is 39.0 Å².